The lowest BCUT2D eigenvalue weighted by Gasteiger charge is -2.13. The van der Waals surface area contributed by atoms with Gasteiger partial charge in [-0.25, -0.2) is 9.59 Å². The van der Waals surface area contributed by atoms with Gasteiger partial charge in [0, 0.05) is 0 Å². The third-order valence-corrected chi connectivity index (χ3v) is 2.96. The lowest BCUT2D eigenvalue weighted by molar-refractivity contribution is -0.142. The molecule has 23 heavy (non-hydrogen) atoms. The van der Waals surface area contributed by atoms with Gasteiger partial charge in [0.2, 0.25) is 13.9 Å². The number of benzene rings is 1. The molecule has 0 saturated carbocycles. The molecule has 0 aliphatic heterocycles. The minimum absolute atomic E-state index is 0.106. The summed E-state index contributed by atoms with van der Waals surface area (Å²) in [7, 11) is 7.45. The normalized spacial score (nSPS) is 11.3. The second-order valence-corrected chi connectivity index (χ2v) is 4.51. The van der Waals surface area contributed by atoms with Crippen LogP contribution < -0.4 is 15.7 Å². The summed E-state index contributed by atoms with van der Waals surface area (Å²) in [5.74, 6) is -1.62. The van der Waals surface area contributed by atoms with Crippen molar-refractivity contribution in [1.82, 2.24) is 5.23 Å². The van der Waals surface area contributed by atoms with Gasteiger partial charge in [0.25, 0.3) is 0 Å². The van der Waals surface area contributed by atoms with E-state index in [1.54, 1.807) is 6.07 Å². The van der Waals surface area contributed by atoms with Crippen molar-refractivity contribution in [2.24, 2.45) is 5.73 Å². The predicted molar refractivity (Wildman–Crippen MR) is 80.9 cm³/mol. The fourth-order valence-corrected chi connectivity index (χ4v) is 1.75. The van der Waals surface area contributed by atoms with Crippen molar-refractivity contribution >= 4 is 25.8 Å². The smallest absolute Gasteiger partial charge is 0.343 e. The molecule has 0 spiro atoms. The maximum absolute atomic E-state index is 11.8. The van der Waals surface area contributed by atoms with Crippen LogP contribution >= 0.6 is 0 Å². The van der Waals surface area contributed by atoms with Crippen LogP contribution in [0.3, 0.4) is 0 Å². The highest BCUT2D eigenvalue weighted by Gasteiger charge is 2.18. The molecule has 0 unspecified atom stereocenters. The standard InChI is InChI=1S/C14H17BN2O6/c1-21-12(18)7-23-11-4-3-8(5-9(11)14(20)22-2)6-10(16)13(19)17-15/h3-5,10H,6-7,16H2,1-2H3,(H,17,19)/t10-/m0/s1. The second-order valence-electron chi connectivity index (χ2n) is 4.51. The van der Waals surface area contributed by atoms with E-state index in [0.717, 1.165) is 0 Å². The molecule has 0 aromatic heterocycles. The zero-order valence-corrected chi connectivity index (χ0v) is 12.8. The third kappa shape index (κ3) is 5.30. The van der Waals surface area contributed by atoms with Gasteiger partial charge in [-0.1, -0.05) is 6.07 Å². The Balaban J connectivity index is 2.98. The van der Waals surface area contributed by atoms with Gasteiger partial charge in [0.05, 0.1) is 20.3 Å². The van der Waals surface area contributed by atoms with Crippen LogP contribution in [0.15, 0.2) is 18.2 Å². The van der Waals surface area contributed by atoms with Crippen LogP contribution in [0.2, 0.25) is 0 Å². The van der Waals surface area contributed by atoms with Gasteiger partial charge in [0.15, 0.2) is 6.61 Å². The largest absolute Gasteiger partial charge is 0.481 e. The number of carbonyl (C=O) groups excluding carboxylic acids is 3. The maximum Gasteiger partial charge on any atom is 0.343 e. The zero-order chi connectivity index (χ0) is 17.4. The Hall–Kier alpha value is -2.55. The molecule has 1 rings (SSSR count). The van der Waals surface area contributed by atoms with E-state index in [0.29, 0.717) is 5.56 Å². The molecule has 1 atom stereocenters. The van der Waals surface area contributed by atoms with Crippen LogP contribution in [0.5, 0.6) is 5.75 Å². The summed E-state index contributed by atoms with van der Waals surface area (Å²) < 4.78 is 14.4. The average molecular weight is 320 g/mol. The molecule has 0 bridgehead atoms. The number of amides is 1. The zero-order valence-electron chi connectivity index (χ0n) is 12.8. The van der Waals surface area contributed by atoms with Gasteiger partial charge >= 0.3 is 11.9 Å². The molecule has 0 heterocycles. The fraction of sp³-hybridized carbons (Fsp3) is 0.357. The fourth-order valence-electron chi connectivity index (χ4n) is 1.75. The van der Waals surface area contributed by atoms with E-state index >= 15 is 0 Å². The quantitative estimate of drug-likeness (QED) is 0.493. The van der Waals surface area contributed by atoms with E-state index in [-0.39, 0.29) is 24.3 Å². The van der Waals surface area contributed by atoms with Crippen molar-refractivity contribution < 1.29 is 28.6 Å². The van der Waals surface area contributed by atoms with E-state index in [1.165, 1.54) is 26.4 Å². The molecule has 1 aromatic rings. The Bertz CT molecular complexity index is 593. The highest BCUT2D eigenvalue weighted by atomic mass is 16.6. The highest BCUT2D eigenvalue weighted by Crippen LogP contribution is 2.22. The van der Waals surface area contributed by atoms with Crippen LogP contribution in [-0.2, 0) is 25.5 Å². The monoisotopic (exact) mass is 320 g/mol. The molecule has 0 aliphatic carbocycles. The molecule has 1 amide bonds. The number of carbonyl (C=O) groups is 3. The van der Waals surface area contributed by atoms with Gasteiger partial charge in [-0.05, 0) is 24.1 Å². The van der Waals surface area contributed by atoms with E-state index in [2.05, 4.69) is 9.47 Å². The molecule has 0 saturated heterocycles. The third-order valence-electron chi connectivity index (χ3n) is 2.96. The number of rotatable bonds is 7. The van der Waals surface area contributed by atoms with Crippen molar-refractivity contribution in [3.8, 4) is 5.75 Å². The SMILES string of the molecule is [B]NC(=O)[C@@H](N)Cc1ccc(OCC(=O)OC)c(C(=O)OC)c1. The summed E-state index contributed by atoms with van der Waals surface area (Å²) >= 11 is 0. The number of hydrogen-bond acceptors (Lipinski definition) is 7. The molecule has 0 fully saturated rings. The molecular weight excluding hydrogens is 303 g/mol. The molecule has 1 aromatic carbocycles. The molecule has 9 heteroatoms. The summed E-state index contributed by atoms with van der Waals surface area (Å²) in [6.45, 7) is -0.352. The molecular formula is C14H17BN2O6. The molecule has 8 nitrogen and oxygen atoms in total. The second kappa shape index (κ2) is 8.79. The molecule has 122 valence electrons. The van der Waals surface area contributed by atoms with Crippen LogP contribution in [0.4, 0.5) is 0 Å². The maximum atomic E-state index is 11.8. The Morgan fingerprint density at radius 2 is 1.96 bits per heavy atom. The van der Waals surface area contributed by atoms with Gasteiger partial charge in [-0.2, -0.15) is 0 Å². The first kappa shape index (κ1) is 18.5. The van der Waals surface area contributed by atoms with E-state index in [9.17, 15) is 14.4 Å². The molecule has 2 radical (unpaired) electrons. The van der Waals surface area contributed by atoms with Gasteiger partial charge in [0.1, 0.15) is 11.3 Å². The number of ether oxygens (including phenoxy) is 3. The van der Waals surface area contributed by atoms with E-state index in [1.807, 2.05) is 5.23 Å². The number of methoxy groups -OCH3 is 2. The summed E-state index contributed by atoms with van der Waals surface area (Å²) in [6, 6.07) is 3.70. The van der Waals surface area contributed by atoms with Gasteiger partial charge in [-0.15, -0.1) is 0 Å². The average Bonchev–Trinajstić information content (AvgIpc) is 2.58. The molecule has 0 aliphatic rings. The van der Waals surface area contributed by atoms with Crippen LogP contribution in [0, 0.1) is 0 Å². The Morgan fingerprint density at radius 3 is 2.52 bits per heavy atom. The van der Waals surface area contributed by atoms with E-state index in [4.69, 9.17) is 18.5 Å². The first-order valence-electron chi connectivity index (χ1n) is 6.59. The van der Waals surface area contributed by atoms with Crippen LogP contribution in [0.25, 0.3) is 0 Å². The number of hydrogen-bond donors (Lipinski definition) is 2. The summed E-state index contributed by atoms with van der Waals surface area (Å²) in [6.07, 6.45) is 0.157. The lowest BCUT2D eigenvalue weighted by Crippen LogP contribution is -2.40. The Morgan fingerprint density at radius 1 is 1.26 bits per heavy atom. The summed E-state index contributed by atoms with van der Waals surface area (Å²) in [4.78, 5) is 34.3. The lowest BCUT2D eigenvalue weighted by atomic mass is 10.0. The predicted octanol–water partition coefficient (Wildman–Crippen LogP) is -0.905. The van der Waals surface area contributed by atoms with Crippen molar-refractivity contribution in [3.05, 3.63) is 29.3 Å². The first-order valence-corrected chi connectivity index (χ1v) is 6.59. The number of esters is 2. The van der Waals surface area contributed by atoms with Crippen LogP contribution in [0.1, 0.15) is 15.9 Å². The Kier molecular flexibility index (Phi) is 7.07. The highest BCUT2D eigenvalue weighted by molar-refractivity contribution is 6.15. The number of nitrogens with two attached hydrogens (primary N) is 1. The number of nitrogens with one attached hydrogen (secondary N) is 1. The van der Waals surface area contributed by atoms with Crippen molar-refractivity contribution in [2.45, 2.75) is 12.5 Å². The van der Waals surface area contributed by atoms with Crippen molar-refractivity contribution in [2.75, 3.05) is 20.8 Å². The summed E-state index contributed by atoms with van der Waals surface area (Å²) in [5.41, 5.74) is 6.38. The molecule has 3 N–H and O–H groups in total. The van der Waals surface area contributed by atoms with Crippen molar-refractivity contribution in [1.29, 1.82) is 0 Å². The minimum atomic E-state index is -0.868. The Labute approximate surface area is 134 Å². The minimum Gasteiger partial charge on any atom is -0.481 e. The topological polar surface area (TPSA) is 117 Å². The van der Waals surface area contributed by atoms with E-state index < -0.39 is 23.9 Å². The van der Waals surface area contributed by atoms with Gasteiger partial charge in [-0.3, -0.25) is 4.79 Å². The first-order chi connectivity index (χ1) is 10.9. The van der Waals surface area contributed by atoms with Gasteiger partial charge < -0.3 is 25.2 Å². The van der Waals surface area contributed by atoms with Crippen molar-refractivity contribution in [3.63, 3.8) is 0 Å². The van der Waals surface area contributed by atoms with Crippen LogP contribution in [-0.4, -0.2) is 52.7 Å². The summed E-state index contributed by atoms with van der Waals surface area (Å²) in [5, 5.41) is 1.95.